The Labute approximate surface area is 281 Å². The molecule has 0 saturated heterocycles. The molecule has 5 aromatic rings. The molecule has 0 radical (unpaired) electrons. The third kappa shape index (κ3) is 7.96. The lowest BCUT2D eigenvalue weighted by Gasteiger charge is -2.29. The Hall–Kier alpha value is -4.91. The van der Waals surface area contributed by atoms with E-state index in [1.165, 1.54) is 16.5 Å². The van der Waals surface area contributed by atoms with E-state index in [0.29, 0.717) is 39.8 Å². The van der Waals surface area contributed by atoms with Crippen LogP contribution in [0.2, 0.25) is 0 Å². The first-order valence-corrected chi connectivity index (χ1v) is 17.5. The monoisotopic (exact) mass is 664 g/mol. The van der Waals surface area contributed by atoms with Crippen molar-refractivity contribution in [2.45, 2.75) is 36.6 Å². The maximum atomic E-state index is 13.2. The highest BCUT2D eigenvalue weighted by Crippen LogP contribution is 2.28. The standard InChI is InChI=1S/C36H40N8O3S/c1-43(2)18-7-6-17-37-29-11-8-10-27(21-29)36(45)42-31-13-9-12-30(22-31)41-34-23-33(39-25-40-34)28-20-26-16-19-44(35(26)38-24-28)48(46,47)32-14-4-3-5-15-32/h3-7,9,12-16,19-20,22-25,27,29,37H,8,10-11,17-18,21H2,1-2H3,(H,42,45)(H,39,40,41)/b7-6+. The molecule has 1 aliphatic carbocycles. The summed E-state index contributed by atoms with van der Waals surface area (Å²) < 4.78 is 27.6. The Balaban J connectivity index is 1.09. The van der Waals surface area contributed by atoms with E-state index in [-0.39, 0.29) is 16.7 Å². The van der Waals surface area contributed by atoms with Crippen LogP contribution in [0.25, 0.3) is 22.3 Å². The van der Waals surface area contributed by atoms with Crippen LogP contribution in [0.1, 0.15) is 25.7 Å². The van der Waals surface area contributed by atoms with Crippen molar-refractivity contribution >= 4 is 44.2 Å². The predicted molar refractivity (Wildman–Crippen MR) is 190 cm³/mol. The molecule has 48 heavy (non-hydrogen) atoms. The number of rotatable bonds is 12. The molecule has 248 valence electrons. The molecule has 1 aliphatic rings. The first-order valence-electron chi connectivity index (χ1n) is 16.1. The van der Waals surface area contributed by atoms with Crippen LogP contribution in [-0.4, -0.2) is 71.4 Å². The van der Waals surface area contributed by atoms with Crippen LogP contribution in [-0.2, 0) is 14.8 Å². The van der Waals surface area contributed by atoms with Gasteiger partial charge in [0.05, 0.1) is 10.6 Å². The zero-order valence-electron chi connectivity index (χ0n) is 27.1. The van der Waals surface area contributed by atoms with Gasteiger partial charge in [-0.25, -0.2) is 27.3 Å². The summed E-state index contributed by atoms with van der Waals surface area (Å²) in [7, 11) is 0.313. The van der Waals surface area contributed by atoms with Gasteiger partial charge in [0.25, 0.3) is 10.0 Å². The van der Waals surface area contributed by atoms with Gasteiger partial charge in [0.15, 0.2) is 5.65 Å². The summed E-state index contributed by atoms with van der Waals surface area (Å²) >= 11 is 0. The predicted octanol–water partition coefficient (Wildman–Crippen LogP) is 5.68. The molecular formula is C36H40N8O3S. The molecule has 3 aromatic heterocycles. The summed E-state index contributed by atoms with van der Waals surface area (Å²) in [6.45, 7) is 1.72. The zero-order valence-corrected chi connectivity index (χ0v) is 27.9. The minimum Gasteiger partial charge on any atom is -0.340 e. The Kier molecular flexibility index (Phi) is 10.2. The second-order valence-corrected chi connectivity index (χ2v) is 14.1. The summed E-state index contributed by atoms with van der Waals surface area (Å²) in [4.78, 5) is 28.8. The van der Waals surface area contributed by atoms with Crippen molar-refractivity contribution in [3.8, 4) is 11.3 Å². The van der Waals surface area contributed by atoms with Crippen molar-refractivity contribution < 1.29 is 13.2 Å². The summed E-state index contributed by atoms with van der Waals surface area (Å²) in [6, 6.07) is 21.6. The zero-order chi connectivity index (χ0) is 33.5. The van der Waals surface area contributed by atoms with Crippen molar-refractivity contribution in [3.63, 3.8) is 0 Å². The maximum absolute atomic E-state index is 13.2. The third-order valence-electron chi connectivity index (χ3n) is 8.37. The molecule has 0 aliphatic heterocycles. The molecule has 3 N–H and O–H groups in total. The van der Waals surface area contributed by atoms with Gasteiger partial charge in [-0.2, -0.15) is 0 Å². The highest BCUT2D eigenvalue weighted by molar-refractivity contribution is 7.90. The van der Waals surface area contributed by atoms with Crippen LogP contribution < -0.4 is 16.0 Å². The molecule has 1 fully saturated rings. The first-order chi connectivity index (χ1) is 23.3. The van der Waals surface area contributed by atoms with Crippen molar-refractivity contribution in [2.24, 2.45) is 5.92 Å². The number of aromatic nitrogens is 4. The van der Waals surface area contributed by atoms with Gasteiger partial charge < -0.3 is 20.9 Å². The molecule has 3 heterocycles. The smallest absolute Gasteiger partial charge is 0.269 e. The fourth-order valence-electron chi connectivity index (χ4n) is 5.91. The average molecular weight is 665 g/mol. The number of anilines is 3. The number of carbonyl (C=O) groups excluding carboxylic acids is 1. The van der Waals surface area contributed by atoms with Crippen LogP contribution >= 0.6 is 0 Å². The van der Waals surface area contributed by atoms with Crippen LogP contribution in [0.5, 0.6) is 0 Å². The minimum absolute atomic E-state index is 0.0376. The molecule has 0 bridgehead atoms. The number of likely N-dealkylation sites (N-methyl/N-ethyl adjacent to an activating group) is 1. The van der Waals surface area contributed by atoms with Gasteiger partial charge in [-0.3, -0.25) is 4.79 Å². The number of carbonyl (C=O) groups is 1. The molecule has 2 atom stereocenters. The molecular weight excluding hydrogens is 625 g/mol. The molecule has 2 unspecified atom stereocenters. The van der Waals surface area contributed by atoms with Gasteiger partial charge in [-0.15, -0.1) is 0 Å². The summed E-state index contributed by atoms with van der Waals surface area (Å²) in [5.41, 5.74) is 3.15. The Morgan fingerprint density at radius 1 is 0.958 bits per heavy atom. The minimum atomic E-state index is -3.78. The first kappa shape index (κ1) is 33.0. The van der Waals surface area contributed by atoms with E-state index < -0.39 is 10.0 Å². The van der Waals surface area contributed by atoms with Gasteiger partial charge in [-0.1, -0.05) is 42.8 Å². The van der Waals surface area contributed by atoms with Gasteiger partial charge >= 0.3 is 0 Å². The number of nitrogens with zero attached hydrogens (tertiary/aromatic N) is 5. The fourth-order valence-corrected chi connectivity index (χ4v) is 7.24. The Morgan fingerprint density at radius 2 is 1.79 bits per heavy atom. The average Bonchev–Trinajstić information content (AvgIpc) is 3.53. The number of hydrogen-bond acceptors (Lipinski definition) is 9. The van der Waals surface area contributed by atoms with Crippen molar-refractivity contribution in [2.75, 3.05) is 37.8 Å². The van der Waals surface area contributed by atoms with Gasteiger partial charge in [0.1, 0.15) is 12.1 Å². The lowest BCUT2D eigenvalue weighted by Crippen LogP contribution is -2.38. The number of hydrogen-bond donors (Lipinski definition) is 3. The second kappa shape index (κ2) is 14.9. The van der Waals surface area contributed by atoms with Crippen molar-refractivity contribution in [1.29, 1.82) is 0 Å². The van der Waals surface area contributed by atoms with Crippen LogP contribution in [0, 0.1) is 5.92 Å². The van der Waals surface area contributed by atoms with Crippen LogP contribution in [0.4, 0.5) is 17.2 Å². The normalized spacial score (nSPS) is 16.8. The largest absolute Gasteiger partial charge is 0.340 e. The lowest BCUT2D eigenvalue weighted by atomic mass is 9.85. The third-order valence-corrected chi connectivity index (χ3v) is 10.0. The maximum Gasteiger partial charge on any atom is 0.269 e. The number of pyridine rings is 1. The molecule has 1 saturated carbocycles. The van der Waals surface area contributed by atoms with E-state index in [1.54, 1.807) is 48.7 Å². The van der Waals surface area contributed by atoms with Gasteiger partial charge in [-0.05, 0) is 75.8 Å². The highest BCUT2D eigenvalue weighted by Gasteiger charge is 2.27. The van der Waals surface area contributed by atoms with Crippen molar-refractivity contribution in [3.05, 3.63) is 104 Å². The topological polar surface area (TPSA) is 134 Å². The van der Waals surface area contributed by atoms with Gasteiger partial charge in [0, 0.05) is 65.8 Å². The highest BCUT2D eigenvalue weighted by atomic mass is 32.2. The molecule has 12 heteroatoms. The SMILES string of the molecule is CN(C)C/C=C/CNC1CCCC(C(=O)Nc2cccc(Nc3cc(-c4cnc5c(ccn5S(=O)(=O)c5ccccc5)c4)ncn3)c2)C1. The van der Waals surface area contributed by atoms with E-state index in [2.05, 4.69) is 48.0 Å². The van der Waals surface area contributed by atoms with E-state index in [1.807, 2.05) is 44.4 Å². The molecule has 2 aromatic carbocycles. The molecule has 0 spiro atoms. The summed E-state index contributed by atoms with van der Waals surface area (Å²) in [5.74, 6) is 0.567. The molecule has 6 rings (SSSR count). The van der Waals surface area contributed by atoms with E-state index in [4.69, 9.17) is 0 Å². The number of nitrogens with one attached hydrogen (secondary N) is 3. The van der Waals surface area contributed by atoms with E-state index in [9.17, 15) is 13.2 Å². The summed E-state index contributed by atoms with van der Waals surface area (Å²) in [6.07, 6.45) is 12.7. The Morgan fingerprint density at radius 3 is 2.62 bits per heavy atom. The number of amides is 1. The fraction of sp³-hybridized carbons (Fsp3) is 0.278. The second-order valence-electron chi connectivity index (χ2n) is 12.3. The quantitative estimate of drug-likeness (QED) is 0.144. The molecule has 1 amide bonds. The molecule has 11 nitrogen and oxygen atoms in total. The summed E-state index contributed by atoms with van der Waals surface area (Å²) in [5, 5.41) is 10.7. The number of benzene rings is 2. The number of fused-ring (bicyclic) bond motifs is 1. The van der Waals surface area contributed by atoms with Crippen molar-refractivity contribution in [1.82, 2.24) is 29.1 Å². The van der Waals surface area contributed by atoms with E-state index in [0.717, 1.165) is 44.5 Å². The lowest BCUT2D eigenvalue weighted by molar-refractivity contribution is -0.121. The van der Waals surface area contributed by atoms with Crippen LogP contribution in [0.3, 0.4) is 0 Å². The van der Waals surface area contributed by atoms with Gasteiger partial charge in [0.2, 0.25) is 5.91 Å². The van der Waals surface area contributed by atoms with E-state index >= 15 is 0 Å². The Bertz CT molecular complexity index is 2010. The van der Waals surface area contributed by atoms with Crippen LogP contribution in [0.15, 0.2) is 109 Å².